The third-order valence-electron chi connectivity index (χ3n) is 3.48. The van der Waals surface area contributed by atoms with Gasteiger partial charge in [0.2, 0.25) is 0 Å². The number of carbonyl (C=O) groups excluding carboxylic acids is 1. The first kappa shape index (κ1) is 12.8. The minimum Gasteiger partial charge on any atom is -0.317 e. The quantitative estimate of drug-likeness (QED) is 0.849. The lowest BCUT2D eigenvalue weighted by Gasteiger charge is -2.22. The van der Waals surface area contributed by atoms with Crippen molar-refractivity contribution in [3.63, 3.8) is 0 Å². The smallest absolute Gasteiger partial charge is 0.166 e. The van der Waals surface area contributed by atoms with Crippen molar-refractivity contribution in [2.75, 3.05) is 13.1 Å². The van der Waals surface area contributed by atoms with Crippen LogP contribution < -0.4 is 5.32 Å². The molecule has 1 aromatic rings. The number of nitrogens with one attached hydrogen (secondary N) is 1. The predicted molar refractivity (Wildman–Crippen MR) is 73.5 cm³/mol. The molecule has 0 aliphatic carbocycles. The number of hydrogen-bond acceptors (Lipinski definition) is 2. The second kappa shape index (κ2) is 5.32. The molecule has 1 heterocycles. The summed E-state index contributed by atoms with van der Waals surface area (Å²) >= 11 is 3.50. The molecule has 0 aromatic heterocycles. The van der Waals surface area contributed by atoms with Crippen LogP contribution in [0.3, 0.4) is 0 Å². The first-order valence-corrected chi connectivity index (χ1v) is 6.90. The second-order valence-electron chi connectivity index (χ2n) is 4.80. The average molecular weight is 296 g/mol. The highest BCUT2D eigenvalue weighted by Crippen LogP contribution is 2.25. The van der Waals surface area contributed by atoms with Crippen LogP contribution in [0.2, 0.25) is 0 Å². The maximum absolute atomic E-state index is 12.4. The highest BCUT2D eigenvalue weighted by Gasteiger charge is 2.23. The standard InChI is InChI=1S/C14H18BrNO/c1-9-8-13(15)10(2)7-12(9)14(17)11-3-5-16-6-4-11/h7-8,11,16H,3-6H2,1-2H3. The molecule has 0 bridgehead atoms. The fourth-order valence-electron chi connectivity index (χ4n) is 2.35. The average Bonchev–Trinajstić information content (AvgIpc) is 2.34. The molecule has 0 spiro atoms. The number of benzene rings is 1. The molecule has 2 rings (SSSR count). The van der Waals surface area contributed by atoms with E-state index in [0.29, 0.717) is 5.78 Å². The molecule has 0 unspecified atom stereocenters. The second-order valence-corrected chi connectivity index (χ2v) is 5.66. The Bertz CT molecular complexity index is 436. The van der Waals surface area contributed by atoms with Crippen molar-refractivity contribution in [3.05, 3.63) is 33.3 Å². The number of rotatable bonds is 2. The number of piperidine rings is 1. The molecular formula is C14H18BrNO. The summed E-state index contributed by atoms with van der Waals surface area (Å²) in [7, 11) is 0. The van der Waals surface area contributed by atoms with Crippen LogP contribution >= 0.6 is 15.9 Å². The zero-order valence-electron chi connectivity index (χ0n) is 10.3. The zero-order valence-corrected chi connectivity index (χ0v) is 11.9. The number of Topliss-reactive ketones (excluding diaryl/α,β-unsaturated/α-hetero) is 1. The number of aryl methyl sites for hydroxylation is 2. The maximum atomic E-state index is 12.4. The topological polar surface area (TPSA) is 29.1 Å². The van der Waals surface area contributed by atoms with Crippen LogP contribution in [0.4, 0.5) is 0 Å². The van der Waals surface area contributed by atoms with E-state index in [4.69, 9.17) is 0 Å². The Hall–Kier alpha value is -0.670. The van der Waals surface area contributed by atoms with Crippen molar-refractivity contribution in [2.45, 2.75) is 26.7 Å². The molecule has 0 amide bonds. The van der Waals surface area contributed by atoms with E-state index in [1.807, 2.05) is 26.0 Å². The number of ketones is 1. The Morgan fingerprint density at radius 3 is 2.53 bits per heavy atom. The predicted octanol–water partition coefficient (Wildman–Crippen LogP) is 3.25. The van der Waals surface area contributed by atoms with Crippen LogP contribution in [0.15, 0.2) is 16.6 Å². The van der Waals surface area contributed by atoms with E-state index in [9.17, 15) is 4.79 Å². The molecule has 0 radical (unpaired) electrons. The summed E-state index contributed by atoms with van der Waals surface area (Å²) in [5, 5.41) is 3.30. The van der Waals surface area contributed by atoms with Crippen molar-refractivity contribution in [1.82, 2.24) is 5.32 Å². The fraction of sp³-hybridized carbons (Fsp3) is 0.500. The molecule has 1 saturated heterocycles. The van der Waals surface area contributed by atoms with Gasteiger partial charge in [0.15, 0.2) is 5.78 Å². The number of hydrogen-bond donors (Lipinski definition) is 1. The van der Waals surface area contributed by atoms with Gasteiger partial charge in [-0.05, 0) is 63.0 Å². The first-order valence-electron chi connectivity index (χ1n) is 6.11. The molecule has 1 aliphatic heterocycles. The lowest BCUT2D eigenvalue weighted by molar-refractivity contribution is 0.0894. The van der Waals surface area contributed by atoms with E-state index in [-0.39, 0.29) is 5.92 Å². The molecule has 1 aromatic carbocycles. The highest BCUT2D eigenvalue weighted by molar-refractivity contribution is 9.10. The SMILES string of the molecule is Cc1cc(C(=O)C2CCNCC2)c(C)cc1Br. The van der Waals surface area contributed by atoms with Crippen molar-refractivity contribution in [2.24, 2.45) is 5.92 Å². The highest BCUT2D eigenvalue weighted by atomic mass is 79.9. The Balaban J connectivity index is 2.26. The van der Waals surface area contributed by atoms with Gasteiger partial charge < -0.3 is 5.32 Å². The molecular weight excluding hydrogens is 278 g/mol. The first-order chi connectivity index (χ1) is 8.09. The van der Waals surface area contributed by atoms with Gasteiger partial charge >= 0.3 is 0 Å². The largest absolute Gasteiger partial charge is 0.317 e. The van der Waals surface area contributed by atoms with Crippen LogP contribution in [0.25, 0.3) is 0 Å². The molecule has 1 aliphatic rings. The molecule has 3 heteroatoms. The van der Waals surface area contributed by atoms with Crippen LogP contribution in [0.5, 0.6) is 0 Å². The van der Waals surface area contributed by atoms with Crippen LogP contribution in [-0.2, 0) is 0 Å². The Morgan fingerprint density at radius 1 is 1.24 bits per heavy atom. The zero-order chi connectivity index (χ0) is 12.4. The summed E-state index contributed by atoms with van der Waals surface area (Å²) in [5.41, 5.74) is 3.11. The number of carbonyl (C=O) groups is 1. The molecule has 1 fully saturated rings. The summed E-state index contributed by atoms with van der Waals surface area (Å²) in [4.78, 5) is 12.4. The summed E-state index contributed by atoms with van der Waals surface area (Å²) in [6, 6.07) is 4.06. The summed E-state index contributed by atoms with van der Waals surface area (Å²) < 4.78 is 1.08. The van der Waals surface area contributed by atoms with Crippen molar-refractivity contribution >= 4 is 21.7 Å². The van der Waals surface area contributed by atoms with Gasteiger partial charge in [-0.3, -0.25) is 4.79 Å². The van der Waals surface area contributed by atoms with E-state index >= 15 is 0 Å². The van der Waals surface area contributed by atoms with Gasteiger partial charge in [0.05, 0.1) is 0 Å². The van der Waals surface area contributed by atoms with E-state index in [0.717, 1.165) is 47.1 Å². The minimum atomic E-state index is 0.204. The van der Waals surface area contributed by atoms with Gasteiger partial charge in [-0.25, -0.2) is 0 Å². The Labute approximate surface area is 111 Å². The molecule has 92 valence electrons. The van der Waals surface area contributed by atoms with Gasteiger partial charge in [0.1, 0.15) is 0 Å². The Morgan fingerprint density at radius 2 is 1.88 bits per heavy atom. The van der Waals surface area contributed by atoms with Gasteiger partial charge in [-0.15, -0.1) is 0 Å². The van der Waals surface area contributed by atoms with Crippen molar-refractivity contribution in [1.29, 1.82) is 0 Å². The number of halogens is 1. The van der Waals surface area contributed by atoms with Gasteiger partial charge in [-0.2, -0.15) is 0 Å². The van der Waals surface area contributed by atoms with Crippen LogP contribution in [-0.4, -0.2) is 18.9 Å². The molecule has 1 N–H and O–H groups in total. The molecule has 0 saturated carbocycles. The summed E-state index contributed by atoms with van der Waals surface area (Å²) in [5.74, 6) is 0.523. The Kier molecular flexibility index (Phi) is 4.00. The van der Waals surface area contributed by atoms with Crippen LogP contribution in [0, 0.1) is 19.8 Å². The lowest BCUT2D eigenvalue weighted by Crippen LogP contribution is -2.32. The minimum absolute atomic E-state index is 0.204. The normalized spacial score (nSPS) is 17.1. The lowest BCUT2D eigenvalue weighted by atomic mass is 9.87. The summed E-state index contributed by atoms with van der Waals surface area (Å²) in [6.07, 6.45) is 1.93. The van der Waals surface area contributed by atoms with Gasteiger partial charge in [-0.1, -0.05) is 15.9 Å². The molecule has 2 nitrogen and oxygen atoms in total. The van der Waals surface area contributed by atoms with Gasteiger partial charge in [0.25, 0.3) is 0 Å². The van der Waals surface area contributed by atoms with Crippen molar-refractivity contribution < 1.29 is 4.79 Å². The van der Waals surface area contributed by atoms with Crippen molar-refractivity contribution in [3.8, 4) is 0 Å². The molecule has 0 atom stereocenters. The van der Waals surface area contributed by atoms with Gasteiger partial charge in [0, 0.05) is 16.0 Å². The third-order valence-corrected chi connectivity index (χ3v) is 4.34. The van der Waals surface area contributed by atoms with E-state index < -0.39 is 0 Å². The fourth-order valence-corrected chi connectivity index (χ4v) is 2.81. The van der Waals surface area contributed by atoms with Crippen LogP contribution in [0.1, 0.15) is 34.3 Å². The third kappa shape index (κ3) is 2.78. The van der Waals surface area contributed by atoms with E-state index in [2.05, 4.69) is 21.2 Å². The van der Waals surface area contributed by atoms with E-state index in [1.165, 1.54) is 0 Å². The molecule has 17 heavy (non-hydrogen) atoms. The monoisotopic (exact) mass is 295 g/mol. The van der Waals surface area contributed by atoms with E-state index in [1.54, 1.807) is 0 Å². The summed E-state index contributed by atoms with van der Waals surface area (Å²) in [6.45, 7) is 5.97. The maximum Gasteiger partial charge on any atom is 0.166 e.